The molecule has 0 aliphatic carbocycles. The minimum Gasteiger partial charge on any atom is -0.495 e. The monoisotopic (exact) mass is 394 g/mol. The van der Waals surface area contributed by atoms with E-state index in [0.29, 0.717) is 36.3 Å². The highest BCUT2D eigenvalue weighted by atomic mass is 16.5. The van der Waals surface area contributed by atoms with Crippen LogP contribution >= 0.6 is 0 Å². The highest BCUT2D eigenvalue weighted by molar-refractivity contribution is 5.92. The second kappa shape index (κ2) is 8.17. The molecular weight excluding hydrogens is 372 g/mol. The number of piperazine rings is 1. The van der Waals surface area contributed by atoms with E-state index in [9.17, 15) is 4.79 Å². The quantitative estimate of drug-likeness (QED) is 0.705. The van der Waals surface area contributed by atoms with E-state index in [0.717, 1.165) is 24.5 Å². The number of para-hydroxylation sites is 2. The van der Waals surface area contributed by atoms with Gasteiger partial charge in [0, 0.05) is 38.4 Å². The number of hydrogen-bond acceptors (Lipinski definition) is 8. The van der Waals surface area contributed by atoms with E-state index in [-0.39, 0.29) is 5.91 Å². The molecule has 0 radical (unpaired) electrons. The Morgan fingerprint density at radius 1 is 1.17 bits per heavy atom. The van der Waals surface area contributed by atoms with Gasteiger partial charge in [-0.15, -0.1) is 0 Å². The number of rotatable bonds is 5. The van der Waals surface area contributed by atoms with E-state index < -0.39 is 0 Å². The van der Waals surface area contributed by atoms with Crippen molar-refractivity contribution in [1.82, 2.24) is 20.0 Å². The van der Waals surface area contributed by atoms with Crippen molar-refractivity contribution in [3.8, 4) is 5.75 Å². The Morgan fingerprint density at radius 3 is 2.69 bits per heavy atom. The third kappa shape index (κ3) is 4.13. The van der Waals surface area contributed by atoms with Crippen LogP contribution in [0.4, 0.5) is 17.5 Å². The lowest BCUT2D eigenvalue weighted by Gasteiger charge is -2.36. The fourth-order valence-corrected chi connectivity index (χ4v) is 3.28. The second-order valence-corrected chi connectivity index (χ2v) is 6.66. The van der Waals surface area contributed by atoms with Crippen LogP contribution in [0.2, 0.25) is 0 Å². The summed E-state index contributed by atoms with van der Waals surface area (Å²) in [6.45, 7) is 4.45. The molecule has 1 saturated heterocycles. The van der Waals surface area contributed by atoms with Crippen LogP contribution in [0.15, 0.2) is 47.1 Å². The average molecular weight is 394 g/mol. The van der Waals surface area contributed by atoms with Gasteiger partial charge in [-0.3, -0.25) is 4.79 Å². The molecule has 1 amide bonds. The first-order chi connectivity index (χ1) is 14.1. The summed E-state index contributed by atoms with van der Waals surface area (Å²) in [4.78, 5) is 25.4. The maximum absolute atomic E-state index is 12.9. The summed E-state index contributed by atoms with van der Waals surface area (Å²) in [6, 6.07) is 11.3. The average Bonchev–Trinajstić information content (AvgIpc) is 3.18. The van der Waals surface area contributed by atoms with Crippen LogP contribution in [0.25, 0.3) is 0 Å². The molecular formula is C20H22N6O3. The Bertz CT molecular complexity index is 997. The zero-order valence-electron chi connectivity index (χ0n) is 16.3. The molecule has 9 nitrogen and oxygen atoms in total. The SMILES string of the molecule is COc1ccccc1N1CCN(C(=O)c2ccnc(Nc3cc(C)on3)n2)CC1. The van der Waals surface area contributed by atoms with E-state index in [1.54, 1.807) is 37.3 Å². The van der Waals surface area contributed by atoms with Crippen molar-refractivity contribution < 1.29 is 14.1 Å². The molecule has 4 rings (SSSR count). The first-order valence-electron chi connectivity index (χ1n) is 9.34. The van der Waals surface area contributed by atoms with Crippen molar-refractivity contribution in [2.24, 2.45) is 0 Å². The van der Waals surface area contributed by atoms with Gasteiger partial charge < -0.3 is 24.4 Å². The highest BCUT2D eigenvalue weighted by Gasteiger charge is 2.24. The largest absolute Gasteiger partial charge is 0.495 e. The molecule has 1 aromatic carbocycles. The Kier molecular flexibility index (Phi) is 5.28. The third-order valence-corrected chi connectivity index (χ3v) is 4.74. The number of aryl methyl sites for hydroxylation is 1. The Labute approximate surface area is 168 Å². The molecule has 3 aromatic rings. The summed E-state index contributed by atoms with van der Waals surface area (Å²) in [6.07, 6.45) is 1.56. The van der Waals surface area contributed by atoms with Crippen LogP contribution in [0.1, 0.15) is 16.2 Å². The Hall–Kier alpha value is -3.62. The minimum absolute atomic E-state index is 0.119. The summed E-state index contributed by atoms with van der Waals surface area (Å²) in [5.74, 6) is 2.19. The van der Waals surface area contributed by atoms with Gasteiger partial charge in [0.2, 0.25) is 5.95 Å². The number of carbonyl (C=O) groups is 1. The smallest absolute Gasteiger partial charge is 0.272 e. The fraction of sp³-hybridized carbons (Fsp3) is 0.300. The second-order valence-electron chi connectivity index (χ2n) is 6.66. The number of nitrogens with zero attached hydrogens (tertiary/aromatic N) is 5. The number of carbonyl (C=O) groups excluding carboxylic acids is 1. The van der Waals surface area contributed by atoms with Gasteiger partial charge in [0.1, 0.15) is 17.2 Å². The van der Waals surface area contributed by atoms with E-state index in [4.69, 9.17) is 9.26 Å². The summed E-state index contributed by atoms with van der Waals surface area (Å²) in [7, 11) is 1.67. The molecule has 1 aliphatic heterocycles. The van der Waals surface area contributed by atoms with Gasteiger partial charge in [-0.1, -0.05) is 17.3 Å². The number of anilines is 3. The predicted molar refractivity (Wildman–Crippen MR) is 108 cm³/mol. The standard InChI is InChI=1S/C20H22N6O3/c1-14-13-18(24-29-14)23-20-21-8-7-15(22-20)19(27)26-11-9-25(10-12-26)16-5-3-4-6-17(16)28-2/h3-8,13H,9-12H2,1-2H3,(H,21,22,23,24). The van der Waals surface area contributed by atoms with Crippen molar-refractivity contribution >= 4 is 23.4 Å². The van der Waals surface area contributed by atoms with Crippen molar-refractivity contribution in [2.45, 2.75) is 6.92 Å². The first-order valence-corrected chi connectivity index (χ1v) is 9.34. The van der Waals surface area contributed by atoms with E-state index in [2.05, 4.69) is 25.3 Å². The summed E-state index contributed by atoms with van der Waals surface area (Å²) < 4.78 is 10.5. The topological polar surface area (TPSA) is 96.6 Å². The van der Waals surface area contributed by atoms with Crippen LogP contribution in [0.5, 0.6) is 5.75 Å². The Morgan fingerprint density at radius 2 is 1.97 bits per heavy atom. The molecule has 0 atom stereocenters. The van der Waals surface area contributed by atoms with Crippen LogP contribution in [0, 0.1) is 6.92 Å². The number of methoxy groups -OCH3 is 1. The van der Waals surface area contributed by atoms with Gasteiger partial charge in [-0.05, 0) is 25.1 Å². The predicted octanol–water partition coefficient (Wildman–Crippen LogP) is 2.49. The molecule has 3 heterocycles. The molecule has 9 heteroatoms. The lowest BCUT2D eigenvalue weighted by Crippen LogP contribution is -2.49. The molecule has 1 N–H and O–H groups in total. The molecule has 0 saturated carbocycles. The maximum Gasteiger partial charge on any atom is 0.272 e. The molecule has 29 heavy (non-hydrogen) atoms. The molecule has 150 valence electrons. The zero-order valence-corrected chi connectivity index (χ0v) is 16.3. The van der Waals surface area contributed by atoms with Crippen LogP contribution in [0.3, 0.4) is 0 Å². The normalized spacial score (nSPS) is 14.0. The van der Waals surface area contributed by atoms with Gasteiger partial charge in [-0.25, -0.2) is 9.97 Å². The number of ether oxygens (including phenoxy) is 1. The van der Waals surface area contributed by atoms with Gasteiger partial charge >= 0.3 is 0 Å². The zero-order chi connectivity index (χ0) is 20.2. The molecule has 0 spiro atoms. The molecule has 2 aromatic heterocycles. The number of aromatic nitrogens is 3. The maximum atomic E-state index is 12.9. The van der Waals surface area contributed by atoms with Gasteiger partial charge in [0.25, 0.3) is 5.91 Å². The highest BCUT2D eigenvalue weighted by Crippen LogP contribution is 2.28. The third-order valence-electron chi connectivity index (χ3n) is 4.74. The summed E-state index contributed by atoms with van der Waals surface area (Å²) in [5, 5.41) is 6.79. The molecule has 1 fully saturated rings. The van der Waals surface area contributed by atoms with Crippen molar-refractivity contribution in [3.05, 3.63) is 54.0 Å². The molecule has 0 bridgehead atoms. The van der Waals surface area contributed by atoms with E-state index in [1.807, 2.05) is 24.3 Å². The van der Waals surface area contributed by atoms with Crippen LogP contribution < -0.4 is 15.0 Å². The van der Waals surface area contributed by atoms with Gasteiger partial charge in [-0.2, -0.15) is 0 Å². The summed E-state index contributed by atoms with van der Waals surface area (Å²) >= 11 is 0. The van der Waals surface area contributed by atoms with Gasteiger partial charge in [0.15, 0.2) is 5.82 Å². The molecule has 0 unspecified atom stereocenters. The Balaban J connectivity index is 1.41. The van der Waals surface area contributed by atoms with Crippen molar-refractivity contribution in [3.63, 3.8) is 0 Å². The van der Waals surface area contributed by atoms with Crippen molar-refractivity contribution in [1.29, 1.82) is 0 Å². The molecule has 1 aliphatic rings. The lowest BCUT2D eigenvalue weighted by molar-refractivity contribution is 0.0740. The minimum atomic E-state index is -0.119. The van der Waals surface area contributed by atoms with Gasteiger partial charge in [0.05, 0.1) is 12.8 Å². The lowest BCUT2D eigenvalue weighted by atomic mass is 10.2. The van der Waals surface area contributed by atoms with Crippen LogP contribution in [-0.4, -0.2) is 59.2 Å². The van der Waals surface area contributed by atoms with E-state index >= 15 is 0 Å². The number of hydrogen-bond donors (Lipinski definition) is 1. The number of amides is 1. The first kappa shape index (κ1) is 18.7. The van der Waals surface area contributed by atoms with E-state index in [1.165, 1.54) is 0 Å². The summed E-state index contributed by atoms with van der Waals surface area (Å²) in [5.41, 5.74) is 1.38. The van der Waals surface area contributed by atoms with Crippen LogP contribution in [-0.2, 0) is 0 Å². The number of nitrogens with one attached hydrogen (secondary N) is 1. The van der Waals surface area contributed by atoms with Crippen molar-refractivity contribution in [2.75, 3.05) is 43.5 Å². The fourth-order valence-electron chi connectivity index (χ4n) is 3.28. The number of benzene rings is 1.